The van der Waals surface area contributed by atoms with E-state index in [2.05, 4.69) is 15.3 Å². The lowest BCUT2D eigenvalue weighted by Gasteiger charge is -2.32. The van der Waals surface area contributed by atoms with Gasteiger partial charge in [-0.15, -0.1) is 0 Å². The molecule has 1 aliphatic heterocycles. The number of hydrogen-bond donors (Lipinski definition) is 1. The zero-order valence-corrected chi connectivity index (χ0v) is 18.8. The molecule has 9 heteroatoms. The molecule has 35 heavy (non-hydrogen) atoms. The molecule has 0 radical (unpaired) electrons. The summed E-state index contributed by atoms with van der Waals surface area (Å²) in [5.74, 6) is -2.23. The summed E-state index contributed by atoms with van der Waals surface area (Å²) in [7, 11) is 0. The van der Waals surface area contributed by atoms with Gasteiger partial charge in [0.25, 0.3) is 11.8 Å². The molecule has 0 spiro atoms. The van der Waals surface area contributed by atoms with Crippen molar-refractivity contribution in [1.82, 2.24) is 24.6 Å². The lowest BCUT2D eigenvalue weighted by atomic mass is 9.89. The van der Waals surface area contributed by atoms with E-state index in [1.54, 1.807) is 23.2 Å². The number of piperidine rings is 1. The summed E-state index contributed by atoms with van der Waals surface area (Å²) in [6.45, 7) is 1.30. The van der Waals surface area contributed by atoms with Gasteiger partial charge in [0.2, 0.25) is 0 Å². The number of benzene rings is 1. The molecule has 2 amide bonds. The SMILES string of the molecule is O=C(NCc1ccn2ccnc2c1)c1ccc(C2CCN(C(=O)c3ncc(F)cc3F)CC2)cc1. The fourth-order valence-corrected chi connectivity index (χ4v) is 4.39. The maximum atomic E-state index is 13.9. The van der Waals surface area contributed by atoms with Crippen LogP contribution in [0.4, 0.5) is 8.78 Å². The molecule has 1 aromatic carbocycles. The normalized spacial score (nSPS) is 14.3. The zero-order valence-electron chi connectivity index (χ0n) is 18.8. The monoisotopic (exact) mass is 475 g/mol. The van der Waals surface area contributed by atoms with Gasteiger partial charge in [0.15, 0.2) is 11.5 Å². The predicted octanol–water partition coefficient (Wildman–Crippen LogP) is 3.96. The van der Waals surface area contributed by atoms with Crippen LogP contribution in [0.5, 0.6) is 0 Å². The molecule has 1 N–H and O–H groups in total. The van der Waals surface area contributed by atoms with Crippen molar-refractivity contribution in [2.45, 2.75) is 25.3 Å². The zero-order chi connectivity index (χ0) is 24.4. The second kappa shape index (κ2) is 9.61. The summed E-state index contributed by atoms with van der Waals surface area (Å²) >= 11 is 0. The third kappa shape index (κ3) is 4.89. The van der Waals surface area contributed by atoms with Gasteiger partial charge in [-0.05, 0) is 54.2 Å². The number of aromatic nitrogens is 3. The minimum absolute atomic E-state index is 0.158. The Morgan fingerprint density at radius 3 is 2.51 bits per heavy atom. The topological polar surface area (TPSA) is 79.6 Å². The van der Waals surface area contributed by atoms with Crippen LogP contribution in [0.1, 0.15) is 50.7 Å². The van der Waals surface area contributed by atoms with Gasteiger partial charge in [-0.1, -0.05) is 12.1 Å². The highest BCUT2D eigenvalue weighted by atomic mass is 19.1. The standard InChI is InChI=1S/C26H23F2N5O2/c27-21-14-22(28)24(30-16-21)26(35)33-10-6-19(7-11-33)18-1-3-20(4-2-18)25(34)31-15-17-5-9-32-12-8-29-23(32)13-17/h1-5,8-9,12-14,16,19H,6-7,10-11,15H2,(H,31,34). The minimum atomic E-state index is -0.951. The number of nitrogens with zero attached hydrogens (tertiary/aromatic N) is 4. The number of hydrogen-bond acceptors (Lipinski definition) is 4. The van der Waals surface area contributed by atoms with E-state index in [0.717, 1.165) is 23.0 Å². The lowest BCUT2D eigenvalue weighted by molar-refractivity contribution is 0.0701. The average Bonchev–Trinajstić information content (AvgIpc) is 3.35. The van der Waals surface area contributed by atoms with Crippen LogP contribution >= 0.6 is 0 Å². The van der Waals surface area contributed by atoms with E-state index in [0.29, 0.717) is 44.1 Å². The van der Waals surface area contributed by atoms with E-state index in [4.69, 9.17) is 0 Å². The van der Waals surface area contributed by atoms with Crippen molar-refractivity contribution in [2.75, 3.05) is 13.1 Å². The van der Waals surface area contributed by atoms with Crippen molar-refractivity contribution in [2.24, 2.45) is 0 Å². The molecular weight excluding hydrogens is 452 g/mol. The first-order valence-corrected chi connectivity index (χ1v) is 11.4. The highest BCUT2D eigenvalue weighted by Gasteiger charge is 2.27. The van der Waals surface area contributed by atoms with E-state index >= 15 is 0 Å². The van der Waals surface area contributed by atoms with E-state index in [-0.39, 0.29) is 17.5 Å². The smallest absolute Gasteiger partial charge is 0.275 e. The fourth-order valence-electron chi connectivity index (χ4n) is 4.39. The van der Waals surface area contributed by atoms with Crippen LogP contribution in [-0.4, -0.2) is 44.2 Å². The Kier molecular flexibility index (Phi) is 6.22. The Labute approximate surface area is 200 Å². The highest BCUT2D eigenvalue weighted by Crippen LogP contribution is 2.29. The molecule has 7 nitrogen and oxygen atoms in total. The van der Waals surface area contributed by atoms with Crippen LogP contribution in [-0.2, 0) is 6.54 Å². The molecule has 0 unspecified atom stereocenters. The van der Waals surface area contributed by atoms with Gasteiger partial charge in [0, 0.05) is 49.9 Å². The third-order valence-electron chi connectivity index (χ3n) is 6.35. The summed E-state index contributed by atoms with van der Waals surface area (Å²) in [6.07, 6.45) is 7.75. The summed E-state index contributed by atoms with van der Waals surface area (Å²) in [5.41, 5.74) is 3.09. The summed E-state index contributed by atoms with van der Waals surface area (Å²) in [6, 6.07) is 12.0. The van der Waals surface area contributed by atoms with Gasteiger partial charge in [-0.2, -0.15) is 0 Å². The van der Waals surface area contributed by atoms with Gasteiger partial charge in [-0.3, -0.25) is 9.59 Å². The van der Waals surface area contributed by atoms with Crippen molar-refractivity contribution >= 4 is 17.5 Å². The van der Waals surface area contributed by atoms with Crippen LogP contribution < -0.4 is 5.32 Å². The maximum Gasteiger partial charge on any atom is 0.275 e. The lowest BCUT2D eigenvalue weighted by Crippen LogP contribution is -2.38. The molecule has 4 heterocycles. The second-order valence-corrected chi connectivity index (χ2v) is 8.58. The van der Waals surface area contributed by atoms with E-state index in [1.807, 2.05) is 41.1 Å². The quantitative estimate of drug-likeness (QED) is 0.474. The number of likely N-dealkylation sites (tertiary alicyclic amines) is 1. The highest BCUT2D eigenvalue weighted by molar-refractivity contribution is 5.94. The Hall–Kier alpha value is -4.14. The molecule has 3 aromatic heterocycles. The number of carbonyl (C=O) groups excluding carboxylic acids is 2. The van der Waals surface area contributed by atoms with Gasteiger partial charge >= 0.3 is 0 Å². The first kappa shape index (κ1) is 22.6. The van der Waals surface area contributed by atoms with Gasteiger partial charge in [0.1, 0.15) is 11.5 Å². The van der Waals surface area contributed by atoms with Crippen LogP contribution in [0.25, 0.3) is 5.65 Å². The number of nitrogens with one attached hydrogen (secondary N) is 1. The van der Waals surface area contributed by atoms with Gasteiger partial charge in [0.05, 0.1) is 6.20 Å². The van der Waals surface area contributed by atoms with Crippen LogP contribution in [0.2, 0.25) is 0 Å². The van der Waals surface area contributed by atoms with E-state index < -0.39 is 17.5 Å². The Balaban J connectivity index is 1.15. The summed E-state index contributed by atoms with van der Waals surface area (Å²) < 4.78 is 28.9. The average molecular weight is 475 g/mol. The number of fused-ring (bicyclic) bond motifs is 1. The molecule has 0 saturated carbocycles. The van der Waals surface area contributed by atoms with E-state index in [9.17, 15) is 18.4 Å². The number of halogens is 2. The third-order valence-corrected chi connectivity index (χ3v) is 6.35. The summed E-state index contributed by atoms with van der Waals surface area (Å²) in [4.78, 5) is 34.6. The molecule has 0 aliphatic carbocycles. The molecule has 178 valence electrons. The van der Waals surface area contributed by atoms with Crippen molar-refractivity contribution < 1.29 is 18.4 Å². The number of pyridine rings is 2. The predicted molar refractivity (Wildman–Crippen MR) is 125 cm³/mol. The van der Waals surface area contributed by atoms with Crippen molar-refractivity contribution in [3.63, 3.8) is 0 Å². The molecular formula is C26H23F2N5O2. The molecule has 1 fully saturated rings. The molecule has 1 saturated heterocycles. The van der Waals surface area contributed by atoms with Crippen LogP contribution in [0, 0.1) is 11.6 Å². The largest absolute Gasteiger partial charge is 0.348 e. The summed E-state index contributed by atoms with van der Waals surface area (Å²) in [5, 5.41) is 2.93. The Morgan fingerprint density at radius 2 is 1.77 bits per heavy atom. The number of amides is 2. The van der Waals surface area contributed by atoms with Gasteiger partial charge in [-0.25, -0.2) is 18.7 Å². The van der Waals surface area contributed by atoms with Gasteiger partial charge < -0.3 is 14.6 Å². The number of imidazole rings is 1. The Morgan fingerprint density at radius 1 is 1.00 bits per heavy atom. The first-order chi connectivity index (χ1) is 17.0. The number of carbonyl (C=O) groups is 2. The molecule has 5 rings (SSSR count). The first-order valence-electron chi connectivity index (χ1n) is 11.4. The molecule has 0 bridgehead atoms. The van der Waals surface area contributed by atoms with Crippen LogP contribution in [0.3, 0.4) is 0 Å². The van der Waals surface area contributed by atoms with Crippen molar-refractivity contribution in [3.8, 4) is 0 Å². The van der Waals surface area contributed by atoms with Crippen molar-refractivity contribution in [3.05, 3.63) is 101 Å². The van der Waals surface area contributed by atoms with E-state index in [1.165, 1.54) is 0 Å². The van der Waals surface area contributed by atoms with Crippen LogP contribution in [0.15, 0.2) is 67.3 Å². The maximum absolute atomic E-state index is 13.9. The number of rotatable bonds is 5. The minimum Gasteiger partial charge on any atom is -0.348 e. The molecule has 1 aliphatic rings. The molecule has 0 atom stereocenters. The van der Waals surface area contributed by atoms with Crippen molar-refractivity contribution in [1.29, 1.82) is 0 Å². The Bertz CT molecular complexity index is 1380. The molecule has 4 aromatic rings. The fraction of sp³-hybridized carbons (Fsp3) is 0.231. The second-order valence-electron chi connectivity index (χ2n) is 8.58.